The average Bonchev–Trinajstić information content (AvgIpc) is 3.01. The van der Waals surface area contributed by atoms with Crippen molar-refractivity contribution >= 4 is 63.6 Å². The summed E-state index contributed by atoms with van der Waals surface area (Å²) in [5.74, 6) is 1.29. The standard InChI is InChI=1S/C31H34Cl2N8O3/c1-6-29(42)37-24-16-25(28(43-5)17-26(24)41(4)14-13-40(2)3)38-31-35-18-23(33)30(39-31)36-20-10-11-27(22(32)15-20)44-19-21-9-7-8-12-34-21/h6-12,15-18H,1,13-14,19H2,2-5H3,(H,37,42)(H2,35,36,38,39). The maximum absolute atomic E-state index is 12.3. The number of nitrogens with one attached hydrogen (secondary N) is 3. The van der Waals surface area contributed by atoms with E-state index in [9.17, 15) is 4.79 Å². The molecule has 0 aliphatic heterocycles. The summed E-state index contributed by atoms with van der Waals surface area (Å²) in [5, 5.41) is 9.93. The molecule has 0 saturated carbocycles. The fraction of sp³-hybridized carbons (Fsp3) is 0.226. The number of methoxy groups -OCH3 is 1. The van der Waals surface area contributed by atoms with Crippen LogP contribution in [0.25, 0.3) is 0 Å². The third-order valence-corrected chi connectivity index (χ3v) is 6.91. The van der Waals surface area contributed by atoms with Gasteiger partial charge in [-0.2, -0.15) is 4.98 Å². The highest BCUT2D eigenvalue weighted by molar-refractivity contribution is 6.33. The fourth-order valence-electron chi connectivity index (χ4n) is 4.01. The molecule has 4 aromatic rings. The second kappa shape index (κ2) is 15.2. The van der Waals surface area contributed by atoms with Gasteiger partial charge in [0, 0.05) is 38.1 Å². The van der Waals surface area contributed by atoms with E-state index in [-0.39, 0.29) is 18.5 Å². The van der Waals surface area contributed by atoms with Gasteiger partial charge in [-0.25, -0.2) is 4.98 Å². The van der Waals surface area contributed by atoms with Gasteiger partial charge in [-0.3, -0.25) is 9.78 Å². The van der Waals surface area contributed by atoms with Crippen molar-refractivity contribution in [3.05, 3.63) is 89.3 Å². The van der Waals surface area contributed by atoms with Crippen LogP contribution in [0.2, 0.25) is 10.0 Å². The van der Waals surface area contributed by atoms with Gasteiger partial charge in [0.25, 0.3) is 0 Å². The number of benzene rings is 2. The zero-order valence-electron chi connectivity index (χ0n) is 24.9. The van der Waals surface area contributed by atoms with Crippen molar-refractivity contribution in [1.82, 2.24) is 19.9 Å². The monoisotopic (exact) mass is 636 g/mol. The van der Waals surface area contributed by atoms with Gasteiger partial charge in [-0.15, -0.1) is 0 Å². The minimum atomic E-state index is -0.343. The van der Waals surface area contributed by atoms with E-state index in [1.807, 2.05) is 50.3 Å². The Morgan fingerprint density at radius 2 is 1.80 bits per heavy atom. The van der Waals surface area contributed by atoms with Gasteiger partial charge in [0.15, 0.2) is 5.82 Å². The van der Waals surface area contributed by atoms with Gasteiger partial charge in [-0.05, 0) is 56.6 Å². The van der Waals surface area contributed by atoms with Crippen molar-refractivity contribution in [2.75, 3.05) is 62.2 Å². The SMILES string of the molecule is C=CC(=O)Nc1cc(Nc2ncc(Cl)c(Nc3ccc(OCc4ccccn4)c(Cl)c3)n2)c(OC)cc1N(C)CCN(C)C. The quantitative estimate of drug-likeness (QED) is 0.135. The number of likely N-dealkylation sites (N-methyl/N-ethyl adjacent to an activating group) is 2. The van der Waals surface area contributed by atoms with Crippen LogP contribution < -0.4 is 30.3 Å². The molecule has 1 amide bonds. The number of carbonyl (C=O) groups is 1. The molecule has 0 aliphatic rings. The van der Waals surface area contributed by atoms with E-state index >= 15 is 0 Å². The van der Waals surface area contributed by atoms with Crippen molar-refractivity contribution in [1.29, 1.82) is 0 Å². The molecule has 13 heteroatoms. The van der Waals surface area contributed by atoms with Crippen molar-refractivity contribution in [2.24, 2.45) is 0 Å². The smallest absolute Gasteiger partial charge is 0.247 e. The van der Waals surface area contributed by atoms with E-state index < -0.39 is 0 Å². The summed E-state index contributed by atoms with van der Waals surface area (Å²) in [5.41, 5.74) is 3.29. The van der Waals surface area contributed by atoms with Crippen LogP contribution in [-0.2, 0) is 11.4 Å². The number of anilines is 6. The lowest BCUT2D eigenvalue weighted by Crippen LogP contribution is -2.29. The first-order chi connectivity index (χ1) is 21.2. The van der Waals surface area contributed by atoms with Crippen LogP contribution in [0.4, 0.5) is 34.5 Å². The zero-order chi connectivity index (χ0) is 31.6. The molecule has 2 aromatic carbocycles. The Hall–Kier alpha value is -4.58. The van der Waals surface area contributed by atoms with Crippen LogP contribution in [-0.4, -0.2) is 67.1 Å². The molecule has 2 heterocycles. The third-order valence-electron chi connectivity index (χ3n) is 6.34. The highest BCUT2D eigenvalue weighted by atomic mass is 35.5. The summed E-state index contributed by atoms with van der Waals surface area (Å²) in [4.78, 5) is 29.5. The Labute approximate surface area is 266 Å². The van der Waals surface area contributed by atoms with Crippen LogP contribution in [0, 0.1) is 0 Å². The molecule has 2 aromatic heterocycles. The Kier molecular flexibility index (Phi) is 11.2. The molecule has 4 rings (SSSR count). The lowest BCUT2D eigenvalue weighted by atomic mass is 10.2. The van der Waals surface area contributed by atoms with Crippen molar-refractivity contribution in [2.45, 2.75) is 6.61 Å². The number of aromatic nitrogens is 3. The first-order valence-electron chi connectivity index (χ1n) is 13.6. The van der Waals surface area contributed by atoms with Crippen molar-refractivity contribution in [3.8, 4) is 11.5 Å². The maximum Gasteiger partial charge on any atom is 0.247 e. The molecule has 11 nitrogen and oxygen atoms in total. The van der Waals surface area contributed by atoms with Gasteiger partial charge in [0.05, 0.1) is 41.1 Å². The minimum Gasteiger partial charge on any atom is -0.494 e. The molecule has 44 heavy (non-hydrogen) atoms. The van der Waals surface area contributed by atoms with Gasteiger partial charge < -0.3 is 35.2 Å². The minimum absolute atomic E-state index is 0.242. The number of hydrogen-bond donors (Lipinski definition) is 3. The lowest BCUT2D eigenvalue weighted by Gasteiger charge is -2.26. The Bertz CT molecular complexity index is 1600. The Balaban J connectivity index is 1.55. The number of ether oxygens (including phenoxy) is 2. The molecule has 0 unspecified atom stereocenters. The third kappa shape index (κ3) is 8.73. The topological polar surface area (TPSA) is 117 Å². The fourth-order valence-corrected chi connectivity index (χ4v) is 4.38. The molecule has 0 aliphatic carbocycles. The summed E-state index contributed by atoms with van der Waals surface area (Å²) < 4.78 is 11.5. The number of amides is 1. The zero-order valence-corrected chi connectivity index (χ0v) is 26.4. The second-order valence-electron chi connectivity index (χ2n) is 9.88. The van der Waals surface area contributed by atoms with Crippen LogP contribution in [0.15, 0.2) is 73.6 Å². The van der Waals surface area contributed by atoms with Crippen LogP contribution in [0.5, 0.6) is 11.5 Å². The summed E-state index contributed by atoms with van der Waals surface area (Å²) in [7, 11) is 7.51. The molecule has 0 fully saturated rings. The molecule has 0 radical (unpaired) electrons. The van der Waals surface area contributed by atoms with Crippen molar-refractivity contribution < 1.29 is 14.3 Å². The maximum atomic E-state index is 12.3. The lowest BCUT2D eigenvalue weighted by molar-refractivity contribution is -0.111. The molecular weight excluding hydrogens is 603 g/mol. The molecule has 230 valence electrons. The predicted molar refractivity (Wildman–Crippen MR) is 177 cm³/mol. The number of hydrogen-bond acceptors (Lipinski definition) is 10. The van der Waals surface area contributed by atoms with Crippen LogP contribution >= 0.6 is 23.2 Å². The van der Waals surface area contributed by atoms with Gasteiger partial charge in [0.1, 0.15) is 23.1 Å². The normalized spacial score (nSPS) is 10.7. The van der Waals surface area contributed by atoms with E-state index in [0.717, 1.165) is 24.5 Å². The number of rotatable bonds is 14. The first-order valence-corrected chi connectivity index (χ1v) is 14.3. The Morgan fingerprint density at radius 3 is 2.48 bits per heavy atom. The van der Waals surface area contributed by atoms with Crippen molar-refractivity contribution in [3.63, 3.8) is 0 Å². The van der Waals surface area contributed by atoms with E-state index in [1.165, 1.54) is 12.3 Å². The molecule has 3 N–H and O–H groups in total. The van der Waals surface area contributed by atoms with E-state index in [0.29, 0.717) is 44.4 Å². The summed E-state index contributed by atoms with van der Waals surface area (Å²) in [6, 6.07) is 14.5. The highest BCUT2D eigenvalue weighted by Gasteiger charge is 2.17. The van der Waals surface area contributed by atoms with E-state index in [1.54, 1.807) is 37.6 Å². The molecule has 0 saturated heterocycles. The largest absolute Gasteiger partial charge is 0.494 e. The predicted octanol–water partition coefficient (Wildman–Crippen LogP) is 6.38. The average molecular weight is 638 g/mol. The van der Waals surface area contributed by atoms with E-state index in [2.05, 4.69) is 42.4 Å². The summed E-state index contributed by atoms with van der Waals surface area (Å²) in [6.07, 6.45) is 4.40. The summed E-state index contributed by atoms with van der Waals surface area (Å²) in [6.45, 7) is 5.39. The van der Waals surface area contributed by atoms with Gasteiger partial charge >= 0.3 is 0 Å². The summed E-state index contributed by atoms with van der Waals surface area (Å²) >= 11 is 12.9. The van der Waals surface area contributed by atoms with Crippen LogP contribution in [0.3, 0.4) is 0 Å². The first kappa shape index (κ1) is 32.3. The van der Waals surface area contributed by atoms with Crippen LogP contribution in [0.1, 0.15) is 5.69 Å². The van der Waals surface area contributed by atoms with Gasteiger partial charge in [-0.1, -0.05) is 35.8 Å². The molecule has 0 spiro atoms. The number of pyridine rings is 1. The van der Waals surface area contributed by atoms with E-state index in [4.69, 9.17) is 32.7 Å². The Morgan fingerprint density at radius 1 is 0.977 bits per heavy atom. The number of carbonyl (C=O) groups excluding carboxylic acids is 1. The second-order valence-corrected chi connectivity index (χ2v) is 10.7. The highest BCUT2D eigenvalue weighted by Crippen LogP contribution is 2.38. The molecule has 0 bridgehead atoms. The number of nitrogens with zero attached hydrogens (tertiary/aromatic N) is 5. The molecular formula is C31H34Cl2N8O3. The number of halogens is 2. The molecule has 0 atom stereocenters. The van der Waals surface area contributed by atoms with Gasteiger partial charge in [0.2, 0.25) is 11.9 Å².